The van der Waals surface area contributed by atoms with Gasteiger partial charge in [-0.3, -0.25) is 14.5 Å². The molecular weight excluding hydrogens is 260 g/mol. The van der Waals surface area contributed by atoms with Gasteiger partial charge in [0, 0.05) is 7.05 Å². The molecule has 1 aromatic heterocycles. The van der Waals surface area contributed by atoms with Crippen molar-refractivity contribution in [1.82, 2.24) is 9.80 Å². The van der Waals surface area contributed by atoms with E-state index in [1.807, 2.05) is 19.1 Å². The van der Waals surface area contributed by atoms with Crippen molar-refractivity contribution in [3.63, 3.8) is 0 Å². The summed E-state index contributed by atoms with van der Waals surface area (Å²) in [5.74, 6) is 1.16. The van der Waals surface area contributed by atoms with Crippen LogP contribution in [0.2, 0.25) is 0 Å². The second-order valence-corrected chi connectivity index (χ2v) is 4.74. The highest BCUT2D eigenvalue weighted by molar-refractivity contribution is 5.79. The van der Waals surface area contributed by atoms with Crippen LogP contribution >= 0.6 is 0 Å². The maximum absolute atomic E-state index is 12.0. The smallest absolute Gasteiger partial charge is 0.320 e. The lowest BCUT2D eigenvalue weighted by molar-refractivity contribution is -0.144. The lowest BCUT2D eigenvalue weighted by atomic mass is 10.4. The second-order valence-electron chi connectivity index (χ2n) is 4.74. The summed E-state index contributed by atoms with van der Waals surface area (Å²) in [5.41, 5.74) is 0. The van der Waals surface area contributed by atoms with E-state index in [1.54, 1.807) is 30.8 Å². The van der Waals surface area contributed by atoms with Gasteiger partial charge in [0.1, 0.15) is 11.5 Å². The molecule has 0 saturated carbocycles. The fraction of sp³-hybridized carbons (Fsp3) is 0.571. The maximum atomic E-state index is 12.0. The van der Waals surface area contributed by atoms with Gasteiger partial charge in [0.05, 0.1) is 26.2 Å². The minimum absolute atomic E-state index is 0.0779. The van der Waals surface area contributed by atoms with Crippen LogP contribution in [0.4, 0.5) is 0 Å². The third kappa shape index (κ3) is 5.44. The van der Waals surface area contributed by atoms with Gasteiger partial charge >= 0.3 is 5.97 Å². The van der Waals surface area contributed by atoms with E-state index >= 15 is 0 Å². The Labute approximate surface area is 119 Å². The molecule has 0 aliphatic heterocycles. The highest BCUT2D eigenvalue weighted by atomic mass is 16.5. The van der Waals surface area contributed by atoms with Crippen LogP contribution < -0.4 is 0 Å². The molecule has 0 unspecified atom stereocenters. The monoisotopic (exact) mass is 282 g/mol. The van der Waals surface area contributed by atoms with Crippen molar-refractivity contribution < 1.29 is 18.7 Å². The van der Waals surface area contributed by atoms with Crippen LogP contribution in [-0.2, 0) is 20.9 Å². The van der Waals surface area contributed by atoms with Gasteiger partial charge < -0.3 is 14.1 Å². The van der Waals surface area contributed by atoms with E-state index in [0.717, 1.165) is 11.5 Å². The molecule has 1 aromatic rings. The topological polar surface area (TPSA) is 63.0 Å². The second kappa shape index (κ2) is 7.69. The number of nitrogens with zero attached hydrogens (tertiary/aromatic N) is 2. The SMILES string of the molecule is CCOC(=O)CN(C)CC(=O)N(C)Cc1ccc(C)o1. The molecule has 1 heterocycles. The van der Waals surface area contributed by atoms with Gasteiger partial charge in [-0.1, -0.05) is 0 Å². The summed E-state index contributed by atoms with van der Waals surface area (Å²) in [4.78, 5) is 26.5. The molecule has 1 amide bonds. The zero-order valence-corrected chi connectivity index (χ0v) is 12.5. The molecule has 0 N–H and O–H groups in total. The van der Waals surface area contributed by atoms with Crippen LogP contribution in [0.5, 0.6) is 0 Å². The Kier molecular flexibility index (Phi) is 6.24. The standard InChI is InChI=1S/C14H22N2O4/c1-5-19-14(18)10-15(3)9-13(17)16(4)8-12-7-6-11(2)20-12/h6-7H,5,8-10H2,1-4H3. The number of hydrogen-bond donors (Lipinski definition) is 0. The van der Waals surface area contributed by atoms with Crippen LogP contribution in [0, 0.1) is 6.92 Å². The highest BCUT2D eigenvalue weighted by Gasteiger charge is 2.15. The van der Waals surface area contributed by atoms with E-state index in [2.05, 4.69) is 0 Å². The lowest BCUT2D eigenvalue weighted by Crippen LogP contribution is -2.38. The molecular formula is C14H22N2O4. The molecule has 6 heteroatoms. The fourth-order valence-corrected chi connectivity index (χ4v) is 1.73. The molecule has 0 bridgehead atoms. The van der Waals surface area contributed by atoms with Gasteiger partial charge in [-0.2, -0.15) is 0 Å². The molecule has 0 saturated heterocycles. The first kappa shape index (κ1) is 16.2. The first-order chi connectivity index (χ1) is 9.42. The fourth-order valence-electron chi connectivity index (χ4n) is 1.73. The van der Waals surface area contributed by atoms with Crippen molar-refractivity contribution in [2.45, 2.75) is 20.4 Å². The van der Waals surface area contributed by atoms with Gasteiger partial charge in [0.25, 0.3) is 0 Å². The zero-order chi connectivity index (χ0) is 15.1. The van der Waals surface area contributed by atoms with Crippen molar-refractivity contribution in [3.05, 3.63) is 23.7 Å². The van der Waals surface area contributed by atoms with Crippen molar-refractivity contribution >= 4 is 11.9 Å². The van der Waals surface area contributed by atoms with E-state index in [-0.39, 0.29) is 25.0 Å². The van der Waals surface area contributed by atoms with Gasteiger partial charge in [0.15, 0.2) is 0 Å². The van der Waals surface area contributed by atoms with Crippen LogP contribution in [-0.4, -0.2) is 55.5 Å². The average molecular weight is 282 g/mol. The number of hydrogen-bond acceptors (Lipinski definition) is 5. The average Bonchev–Trinajstić information content (AvgIpc) is 2.74. The third-order valence-electron chi connectivity index (χ3n) is 2.72. The predicted molar refractivity (Wildman–Crippen MR) is 74.0 cm³/mol. The van der Waals surface area contributed by atoms with Crippen molar-refractivity contribution in [2.75, 3.05) is 33.8 Å². The highest BCUT2D eigenvalue weighted by Crippen LogP contribution is 2.08. The van der Waals surface area contributed by atoms with E-state index in [4.69, 9.17) is 9.15 Å². The number of amides is 1. The Morgan fingerprint density at radius 1 is 1.25 bits per heavy atom. The van der Waals surface area contributed by atoms with Crippen molar-refractivity contribution in [1.29, 1.82) is 0 Å². The van der Waals surface area contributed by atoms with Crippen LogP contribution in [0.3, 0.4) is 0 Å². The van der Waals surface area contributed by atoms with E-state index in [0.29, 0.717) is 13.2 Å². The minimum atomic E-state index is -0.327. The number of ether oxygens (including phenoxy) is 1. The Morgan fingerprint density at radius 2 is 1.95 bits per heavy atom. The van der Waals surface area contributed by atoms with Crippen molar-refractivity contribution in [2.24, 2.45) is 0 Å². The van der Waals surface area contributed by atoms with Crippen molar-refractivity contribution in [3.8, 4) is 0 Å². The van der Waals surface area contributed by atoms with E-state index in [1.165, 1.54) is 0 Å². The third-order valence-corrected chi connectivity index (χ3v) is 2.72. The molecule has 0 atom stereocenters. The van der Waals surface area contributed by atoms with E-state index in [9.17, 15) is 9.59 Å². The summed E-state index contributed by atoms with van der Waals surface area (Å²) < 4.78 is 10.3. The molecule has 0 radical (unpaired) electrons. The van der Waals surface area contributed by atoms with Gasteiger partial charge in [-0.25, -0.2) is 0 Å². The summed E-state index contributed by atoms with van der Waals surface area (Å²) in [6, 6.07) is 3.71. The first-order valence-electron chi connectivity index (χ1n) is 6.55. The minimum Gasteiger partial charge on any atom is -0.465 e. The quantitative estimate of drug-likeness (QED) is 0.699. The van der Waals surface area contributed by atoms with Crippen LogP contribution in [0.25, 0.3) is 0 Å². The molecule has 0 aliphatic carbocycles. The molecule has 0 aliphatic rings. The summed E-state index contributed by atoms with van der Waals surface area (Å²) >= 11 is 0. The van der Waals surface area contributed by atoms with Gasteiger partial charge in [-0.05, 0) is 33.0 Å². The number of carbonyl (C=O) groups is 2. The number of rotatable bonds is 7. The molecule has 112 valence electrons. The number of carbonyl (C=O) groups excluding carboxylic acids is 2. The lowest BCUT2D eigenvalue weighted by Gasteiger charge is -2.20. The molecule has 6 nitrogen and oxygen atoms in total. The van der Waals surface area contributed by atoms with Crippen LogP contribution in [0.1, 0.15) is 18.4 Å². The summed E-state index contributed by atoms with van der Waals surface area (Å²) in [5, 5.41) is 0. The Hall–Kier alpha value is -1.82. The predicted octanol–water partition coefficient (Wildman–Crippen LogP) is 1.04. The number of esters is 1. The largest absolute Gasteiger partial charge is 0.465 e. The molecule has 0 aromatic carbocycles. The maximum Gasteiger partial charge on any atom is 0.320 e. The number of aryl methyl sites for hydroxylation is 1. The first-order valence-corrected chi connectivity index (χ1v) is 6.55. The normalized spacial score (nSPS) is 10.7. The molecule has 1 rings (SSSR count). The van der Waals surface area contributed by atoms with E-state index < -0.39 is 0 Å². The summed E-state index contributed by atoms with van der Waals surface area (Å²) in [7, 11) is 3.41. The summed E-state index contributed by atoms with van der Waals surface area (Å²) in [6.45, 7) is 4.64. The Morgan fingerprint density at radius 3 is 2.50 bits per heavy atom. The Bertz CT molecular complexity index is 456. The molecule has 0 spiro atoms. The number of likely N-dealkylation sites (N-methyl/N-ethyl adjacent to an activating group) is 2. The number of furan rings is 1. The van der Waals surface area contributed by atoms with Gasteiger partial charge in [0.2, 0.25) is 5.91 Å². The zero-order valence-electron chi connectivity index (χ0n) is 12.5. The molecule has 0 fully saturated rings. The van der Waals surface area contributed by atoms with Crippen LogP contribution in [0.15, 0.2) is 16.5 Å². The Balaban J connectivity index is 2.39. The molecule has 20 heavy (non-hydrogen) atoms. The van der Waals surface area contributed by atoms with Gasteiger partial charge in [-0.15, -0.1) is 0 Å². The summed E-state index contributed by atoms with van der Waals surface area (Å²) in [6.07, 6.45) is 0.